The first-order valence-corrected chi connectivity index (χ1v) is 6.54. The Balaban J connectivity index is 2.17. The fourth-order valence-electron chi connectivity index (χ4n) is 2.52. The molecule has 0 bridgehead atoms. The highest BCUT2D eigenvalue weighted by Gasteiger charge is 2.25. The lowest BCUT2D eigenvalue weighted by molar-refractivity contribution is 0.135. The number of ether oxygens (including phenoxy) is 1. The van der Waals surface area contributed by atoms with Crippen LogP contribution in [0.25, 0.3) is 0 Å². The maximum Gasteiger partial charge on any atom is 0.221 e. The van der Waals surface area contributed by atoms with Crippen molar-refractivity contribution in [1.29, 1.82) is 0 Å². The number of hydrogen-bond donors (Lipinski definition) is 1. The second-order valence-corrected chi connectivity index (χ2v) is 5.00. The first-order chi connectivity index (χ1) is 8.63. The molecule has 2 unspecified atom stereocenters. The van der Waals surface area contributed by atoms with E-state index in [4.69, 9.17) is 4.74 Å². The number of nitrogens with zero attached hydrogens (tertiary/aromatic N) is 3. The second-order valence-electron chi connectivity index (χ2n) is 5.00. The molecular weight excluding hydrogens is 228 g/mol. The van der Waals surface area contributed by atoms with E-state index in [1.807, 2.05) is 6.92 Å². The van der Waals surface area contributed by atoms with Gasteiger partial charge < -0.3 is 10.2 Å². The average molecular weight is 250 g/mol. The summed E-state index contributed by atoms with van der Waals surface area (Å²) in [6.45, 7) is 6.47. The van der Waals surface area contributed by atoms with Gasteiger partial charge in [-0.1, -0.05) is 6.42 Å². The van der Waals surface area contributed by atoms with Crippen molar-refractivity contribution in [2.75, 3.05) is 12.5 Å². The molecular formula is C13H22N4O. The first-order valence-electron chi connectivity index (χ1n) is 6.54. The Kier molecular flexibility index (Phi) is 4.01. The van der Waals surface area contributed by atoms with E-state index >= 15 is 0 Å². The van der Waals surface area contributed by atoms with Gasteiger partial charge in [0.1, 0.15) is 6.33 Å². The van der Waals surface area contributed by atoms with Gasteiger partial charge in [-0.05, 0) is 33.6 Å². The zero-order chi connectivity index (χ0) is 13.1. The van der Waals surface area contributed by atoms with E-state index in [1.165, 1.54) is 25.6 Å². The van der Waals surface area contributed by atoms with Gasteiger partial charge in [-0.3, -0.25) is 0 Å². The third kappa shape index (κ3) is 2.56. The van der Waals surface area contributed by atoms with E-state index in [-0.39, 0.29) is 0 Å². The third-order valence-corrected chi connectivity index (χ3v) is 3.66. The molecule has 1 aliphatic rings. The van der Waals surface area contributed by atoms with Gasteiger partial charge in [0.05, 0.1) is 12.7 Å². The predicted molar refractivity (Wildman–Crippen MR) is 71.6 cm³/mol. The highest BCUT2D eigenvalue weighted by Crippen LogP contribution is 2.26. The Morgan fingerprint density at radius 2 is 1.94 bits per heavy atom. The van der Waals surface area contributed by atoms with E-state index in [2.05, 4.69) is 34.3 Å². The first kappa shape index (κ1) is 13.1. The summed E-state index contributed by atoms with van der Waals surface area (Å²) in [7, 11) is 1.63. The molecule has 2 heterocycles. The van der Waals surface area contributed by atoms with Crippen molar-refractivity contribution >= 4 is 5.82 Å². The van der Waals surface area contributed by atoms with E-state index in [0.29, 0.717) is 18.0 Å². The van der Waals surface area contributed by atoms with Crippen LogP contribution in [0.3, 0.4) is 0 Å². The van der Waals surface area contributed by atoms with E-state index in [0.717, 1.165) is 11.4 Å². The van der Waals surface area contributed by atoms with Crippen LogP contribution in [0.1, 0.15) is 38.7 Å². The van der Waals surface area contributed by atoms with Gasteiger partial charge >= 0.3 is 0 Å². The fourth-order valence-corrected chi connectivity index (χ4v) is 2.52. The number of rotatable bonds is 3. The molecule has 0 spiro atoms. The van der Waals surface area contributed by atoms with Crippen LogP contribution in [0.5, 0.6) is 5.88 Å². The summed E-state index contributed by atoms with van der Waals surface area (Å²) < 4.78 is 5.22. The quantitative estimate of drug-likeness (QED) is 0.892. The molecule has 1 N–H and O–H groups in total. The maximum atomic E-state index is 5.22. The van der Waals surface area contributed by atoms with Crippen LogP contribution in [-0.2, 0) is 0 Å². The second kappa shape index (κ2) is 5.52. The van der Waals surface area contributed by atoms with Gasteiger partial charge in [0.25, 0.3) is 0 Å². The molecule has 1 fully saturated rings. The van der Waals surface area contributed by atoms with Crippen LogP contribution < -0.4 is 10.2 Å². The summed E-state index contributed by atoms with van der Waals surface area (Å²) in [4.78, 5) is 8.40. The molecule has 2 atom stereocenters. The van der Waals surface area contributed by atoms with Crippen molar-refractivity contribution < 1.29 is 4.74 Å². The summed E-state index contributed by atoms with van der Waals surface area (Å²) in [5.41, 5.74) is 4.37. The van der Waals surface area contributed by atoms with Crippen molar-refractivity contribution in [3.05, 3.63) is 11.9 Å². The molecule has 0 aromatic carbocycles. The Labute approximate surface area is 109 Å². The van der Waals surface area contributed by atoms with Gasteiger partial charge in [-0.25, -0.2) is 15.0 Å². The topological polar surface area (TPSA) is 50.3 Å². The molecule has 1 aromatic heterocycles. The molecule has 0 aliphatic carbocycles. The van der Waals surface area contributed by atoms with Crippen LogP contribution in [-0.4, -0.2) is 34.2 Å². The summed E-state index contributed by atoms with van der Waals surface area (Å²) in [5.74, 6) is 1.47. The maximum absolute atomic E-state index is 5.22. The number of hydrazine groups is 1. The number of nitrogens with one attached hydrogen (secondary N) is 1. The molecule has 0 amide bonds. The van der Waals surface area contributed by atoms with Crippen molar-refractivity contribution in [3.8, 4) is 5.88 Å². The average Bonchev–Trinajstić information content (AvgIpc) is 2.36. The summed E-state index contributed by atoms with van der Waals surface area (Å²) in [5, 5.41) is 2.29. The van der Waals surface area contributed by atoms with Gasteiger partial charge in [0.2, 0.25) is 5.88 Å². The predicted octanol–water partition coefficient (Wildman–Crippen LogP) is 2.38. The molecule has 2 rings (SSSR count). The zero-order valence-corrected chi connectivity index (χ0v) is 11.6. The smallest absolute Gasteiger partial charge is 0.221 e. The lowest BCUT2D eigenvalue weighted by Gasteiger charge is -2.39. The van der Waals surface area contributed by atoms with Gasteiger partial charge in [0.15, 0.2) is 5.82 Å². The van der Waals surface area contributed by atoms with Crippen molar-refractivity contribution in [1.82, 2.24) is 15.0 Å². The van der Waals surface area contributed by atoms with Crippen molar-refractivity contribution in [2.24, 2.45) is 0 Å². The molecule has 1 saturated heterocycles. The number of hydrogen-bond acceptors (Lipinski definition) is 5. The monoisotopic (exact) mass is 250 g/mol. The van der Waals surface area contributed by atoms with Gasteiger partial charge in [-0.2, -0.15) is 0 Å². The molecule has 1 aliphatic heterocycles. The minimum Gasteiger partial charge on any atom is -0.481 e. The van der Waals surface area contributed by atoms with Crippen LogP contribution in [0.15, 0.2) is 6.33 Å². The lowest BCUT2D eigenvalue weighted by atomic mass is 10.00. The largest absolute Gasteiger partial charge is 0.481 e. The lowest BCUT2D eigenvalue weighted by Crippen LogP contribution is -2.47. The zero-order valence-electron chi connectivity index (χ0n) is 11.6. The Bertz CT molecular complexity index is 400. The van der Waals surface area contributed by atoms with Crippen LogP contribution in [0.4, 0.5) is 5.82 Å². The minimum absolute atomic E-state index is 0.522. The highest BCUT2D eigenvalue weighted by molar-refractivity contribution is 5.46. The van der Waals surface area contributed by atoms with Crippen LogP contribution in [0.2, 0.25) is 0 Å². The molecule has 1 aromatic rings. The Hall–Kier alpha value is -1.36. The van der Waals surface area contributed by atoms with Crippen molar-refractivity contribution in [2.45, 2.75) is 52.1 Å². The fraction of sp³-hybridized carbons (Fsp3) is 0.692. The number of aromatic nitrogens is 2. The SMILES string of the molecule is COc1ncnc(NN2C(C)CCCC2C)c1C. The number of piperidine rings is 1. The normalized spacial score (nSPS) is 24.9. The Morgan fingerprint density at radius 1 is 1.28 bits per heavy atom. The summed E-state index contributed by atoms with van der Waals surface area (Å²) >= 11 is 0. The van der Waals surface area contributed by atoms with Crippen molar-refractivity contribution in [3.63, 3.8) is 0 Å². The molecule has 100 valence electrons. The Morgan fingerprint density at radius 3 is 2.56 bits per heavy atom. The summed E-state index contributed by atoms with van der Waals surface area (Å²) in [6.07, 6.45) is 5.28. The molecule has 0 saturated carbocycles. The van der Waals surface area contributed by atoms with Gasteiger partial charge in [-0.15, -0.1) is 0 Å². The van der Waals surface area contributed by atoms with E-state index in [1.54, 1.807) is 7.11 Å². The van der Waals surface area contributed by atoms with Gasteiger partial charge in [0, 0.05) is 12.1 Å². The number of anilines is 1. The standard InChI is InChI=1S/C13H22N4O/c1-9-6-5-7-10(2)17(9)16-12-11(3)13(18-4)15-8-14-12/h8-10H,5-7H2,1-4H3,(H,14,15,16). The highest BCUT2D eigenvalue weighted by atomic mass is 16.5. The number of methoxy groups -OCH3 is 1. The van der Waals surface area contributed by atoms with E-state index < -0.39 is 0 Å². The molecule has 0 radical (unpaired) electrons. The van der Waals surface area contributed by atoms with Crippen LogP contribution >= 0.6 is 0 Å². The minimum atomic E-state index is 0.522. The van der Waals surface area contributed by atoms with Crippen LogP contribution in [0, 0.1) is 6.92 Å². The molecule has 18 heavy (non-hydrogen) atoms. The summed E-state index contributed by atoms with van der Waals surface area (Å²) in [6, 6.07) is 1.04. The third-order valence-electron chi connectivity index (χ3n) is 3.66. The molecule has 5 heteroatoms. The van der Waals surface area contributed by atoms with E-state index in [9.17, 15) is 0 Å². The molecule has 5 nitrogen and oxygen atoms in total.